The van der Waals surface area contributed by atoms with E-state index in [4.69, 9.17) is 5.11 Å². The number of carboxylic acid groups (broad SMARTS) is 1. The highest BCUT2D eigenvalue weighted by Gasteiger charge is 2.23. The van der Waals surface area contributed by atoms with Crippen LogP contribution in [-0.2, 0) is 9.59 Å². The molecule has 1 rings (SSSR count). The lowest BCUT2D eigenvalue weighted by atomic mass is 9.88. The number of nitrogens with one attached hydrogen (secondary N) is 1. The van der Waals surface area contributed by atoms with Crippen molar-refractivity contribution in [3.8, 4) is 0 Å². The van der Waals surface area contributed by atoms with Crippen LogP contribution in [0, 0.1) is 11.3 Å². The molecular weight excluding hydrogens is 242 g/mol. The first-order valence-corrected chi connectivity index (χ1v) is 6.97. The fourth-order valence-corrected chi connectivity index (χ4v) is 2.19. The van der Waals surface area contributed by atoms with Crippen molar-refractivity contribution in [3.63, 3.8) is 0 Å². The molecule has 108 valence electrons. The number of carbonyl (C=O) groups excluding carboxylic acids is 1. The third-order valence-corrected chi connectivity index (χ3v) is 3.38. The number of hydrogen-bond acceptors (Lipinski definition) is 2. The van der Waals surface area contributed by atoms with Gasteiger partial charge in [-0.15, -0.1) is 0 Å². The normalized spacial score (nSPS) is 20.3. The lowest BCUT2D eigenvalue weighted by molar-refractivity contribution is -0.142. The van der Waals surface area contributed by atoms with E-state index in [1.807, 2.05) is 6.08 Å². The Kier molecular flexibility index (Phi) is 5.58. The molecule has 0 fully saturated rings. The predicted octanol–water partition coefficient (Wildman–Crippen LogP) is 2.74. The summed E-state index contributed by atoms with van der Waals surface area (Å²) >= 11 is 0. The van der Waals surface area contributed by atoms with E-state index in [2.05, 4.69) is 32.2 Å². The van der Waals surface area contributed by atoms with Crippen LogP contribution in [0.3, 0.4) is 0 Å². The Morgan fingerprint density at radius 3 is 2.58 bits per heavy atom. The Bertz CT molecular complexity index is 355. The van der Waals surface area contributed by atoms with Crippen LogP contribution in [0.15, 0.2) is 12.2 Å². The minimum Gasteiger partial charge on any atom is -0.480 e. The average molecular weight is 267 g/mol. The molecule has 0 spiro atoms. The Morgan fingerprint density at radius 1 is 1.42 bits per heavy atom. The van der Waals surface area contributed by atoms with E-state index in [0.717, 1.165) is 19.3 Å². The molecule has 4 heteroatoms. The Hall–Kier alpha value is -1.32. The molecule has 1 amide bonds. The third-order valence-electron chi connectivity index (χ3n) is 3.38. The maximum absolute atomic E-state index is 11.8. The van der Waals surface area contributed by atoms with E-state index in [-0.39, 0.29) is 17.2 Å². The second kappa shape index (κ2) is 6.73. The molecule has 0 heterocycles. The number of amides is 1. The third kappa shape index (κ3) is 6.41. The standard InChI is InChI=1S/C15H25NO3/c1-15(2,3)9-8-12(14(18)19)16-13(17)10-11-6-4-5-7-11/h4,6,11-12H,5,7-10H2,1-3H3,(H,16,17)(H,18,19). The quantitative estimate of drug-likeness (QED) is 0.727. The van der Waals surface area contributed by atoms with Gasteiger partial charge >= 0.3 is 5.97 Å². The second-order valence-electron chi connectivity index (χ2n) is 6.53. The molecule has 2 unspecified atom stereocenters. The fourth-order valence-electron chi connectivity index (χ4n) is 2.19. The molecule has 0 aromatic heterocycles. The molecule has 1 aliphatic rings. The molecule has 19 heavy (non-hydrogen) atoms. The lowest BCUT2D eigenvalue weighted by Crippen LogP contribution is -2.41. The predicted molar refractivity (Wildman–Crippen MR) is 74.7 cm³/mol. The Labute approximate surface area is 115 Å². The molecule has 0 aliphatic heterocycles. The maximum Gasteiger partial charge on any atom is 0.326 e. The van der Waals surface area contributed by atoms with Gasteiger partial charge in [-0.05, 0) is 37.0 Å². The van der Waals surface area contributed by atoms with Crippen LogP contribution < -0.4 is 5.32 Å². The largest absolute Gasteiger partial charge is 0.480 e. The van der Waals surface area contributed by atoms with E-state index < -0.39 is 12.0 Å². The molecular formula is C15H25NO3. The van der Waals surface area contributed by atoms with Crippen LogP contribution in [-0.4, -0.2) is 23.0 Å². The molecule has 0 saturated heterocycles. The van der Waals surface area contributed by atoms with E-state index >= 15 is 0 Å². The molecule has 1 aliphatic carbocycles. The summed E-state index contributed by atoms with van der Waals surface area (Å²) < 4.78 is 0. The van der Waals surface area contributed by atoms with Gasteiger partial charge in [0.1, 0.15) is 6.04 Å². The van der Waals surface area contributed by atoms with Crippen LogP contribution in [0.2, 0.25) is 0 Å². The summed E-state index contributed by atoms with van der Waals surface area (Å²) in [4.78, 5) is 23.0. The molecule has 0 aromatic carbocycles. The van der Waals surface area contributed by atoms with E-state index in [9.17, 15) is 9.59 Å². The summed E-state index contributed by atoms with van der Waals surface area (Å²) in [6.45, 7) is 6.20. The van der Waals surface area contributed by atoms with Crippen molar-refractivity contribution < 1.29 is 14.7 Å². The van der Waals surface area contributed by atoms with Gasteiger partial charge in [0.05, 0.1) is 0 Å². The highest BCUT2D eigenvalue weighted by molar-refractivity contribution is 5.83. The van der Waals surface area contributed by atoms with Gasteiger partial charge in [0.25, 0.3) is 0 Å². The molecule has 0 aromatic rings. The zero-order valence-corrected chi connectivity index (χ0v) is 12.1. The summed E-state index contributed by atoms with van der Waals surface area (Å²) in [7, 11) is 0. The van der Waals surface area contributed by atoms with Crippen LogP contribution in [0.25, 0.3) is 0 Å². The topological polar surface area (TPSA) is 66.4 Å². The van der Waals surface area contributed by atoms with Gasteiger partial charge in [0.2, 0.25) is 5.91 Å². The highest BCUT2D eigenvalue weighted by atomic mass is 16.4. The number of rotatable bonds is 6. The Balaban J connectivity index is 2.41. The SMILES string of the molecule is CC(C)(C)CCC(NC(=O)CC1C=CCC1)C(=O)O. The van der Waals surface area contributed by atoms with Gasteiger partial charge in [-0.25, -0.2) is 4.79 Å². The van der Waals surface area contributed by atoms with Gasteiger partial charge in [-0.3, -0.25) is 4.79 Å². The van der Waals surface area contributed by atoms with E-state index in [0.29, 0.717) is 12.8 Å². The summed E-state index contributed by atoms with van der Waals surface area (Å²) in [5.74, 6) is -0.825. The number of hydrogen-bond donors (Lipinski definition) is 2. The molecule has 2 N–H and O–H groups in total. The van der Waals surface area contributed by atoms with Crippen molar-refractivity contribution in [2.45, 2.75) is 58.9 Å². The van der Waals surface area contributed by atoms with Crippen LogP contribution in [0.1, 0.15) is 52.9 Å². The van der Waals surface area contributed by atoms with Crippen molar-refractivity contribution in [2.24, 2.45) is 11.3 Å². The first-order chi connectivity index (χ1) is 8.78. The zero-order valence-electron chi connectivity index (χ0n) is 12.1. The molecule has 0 saturated carbocycles. The summed E-state index contributed by atoms with van der Waals surface area (Å²) in [6, 6.07) is -0.767. The molecule has 0 radical (unpaired) electrons. The highest BCUT2D eigenvalue weighted by Crippen LogP contribution is 2.22. The summed E-state index contributed by atoms with van der Waals surface area (Å²) in [5.41, 5.74) is 0.0760. The van der Waals surface area contributed by atoms with Crippen LogP contribution in [0.4, 0.5) is 0 Å². The Morgan fingerprint density at radius 2 is 2.11 bits per heavy atom. The summed E-state index contributed by atoms with van der Waals surface area (Å²) in [5, 5.41) is 11.8. The van der Waals surface area contributed by atoms with Gasteiger partial charge in [0, 0.05) is 6.42 Å². The minimum absolute atomic E-state index is 0.0760. The fraction of sp³-hybridized carbons (Fsp3) is 0.733. The zero-order chi connectivity index (χ0) is 14.5. The molecule has 0 bridgehead atoms. The van der Waals surface area contributed by atoms with E-state index in [1.54, 1.807) is 0 Å². The number of allylic oxidation sites excluding steroid dienone is 2. The van der Waals surface area contributed by atoms with Gasteiger partial charge < -0.3 is 10.4 Å². The van der Waals surface area contributed by atoms with Crippen molar-refractivity contribution in [2.75, 3.05) is 0 Å². The van der Waals surface area contributed by atoms with Crippen LogP contribution in [0.5, 0.6) is 0 Å². The minimum atomic E-state index is -0.945. The van der Waals surface area contributed by atoms with Crippen molar-refractivity contribution in [1.82, 2.24) is 5.32 Å². The summed E-state index contributed by atoms with van der Waals surface area (Å²) in [6.07, 6.45) is 7.78. The van der Waals surface area contributed by atoms with Gasteiger partial charge in [-0.1, -0.05) is 32.9 Å². The lowest BCUT2D eigenvalue weighted by Gasteiger charge is -2.22. The van der Waals surface area contributed by atoms with Gasteiger partial charge in [0.15, 0.2) is 0 Å². The van der Waals surface area contributed by atoms with Crippen molar-refractivity contribution in [3.05, 3.63) is 12.2 Å². The van der Waals surface area contributed by atoms with E-state index in [1.165, 1.54) is 0 Å². The number of carbonyl (C=O) groups is 2. The number of carboxylic acids is 1. The first-order valence-electron chi connectivity index (χ1n) is 6.97. The molecule has 4 nitrogen and oxygen atoms in total. The first kappa shape index (κ1) is 15.7. The second-order valence-corrected chi connectivity index (χ2v) is 6.53. The maximum atomic E-state index is 11.8. The van der Waals surface area contributed by atoms with Crippen LogP contribution >= 0.6 is 0 Å². The van der Waals surface area contributed by atoms with Gasteiger partial charge in [-0.2, -0.15) is 0 Å². The monoisotopic (exact) mass is 267 g/mol. The number of aliphatic carboxylic acids is 1. The van der Waals surface area contributed by atoms with Crippen molar-refractivity contribution in [1.29, 1.82) is 0 Å². The van der Waals surface area contributed by atoms with Crippen molar-refractivity contribution >= 4 is 11.9 Å². The molecule has 2 atom stereocenters. The average Bonchev–Trinajstić information content (AvgIpc) is 2.75. The smallest absolute Gasteiger partial charge is 0.326 e.